The Morgan fingerprint density at radius 1 is 1.15 bits per heavy atom. The van der Waals surface area contributed by atoms with Gasteiger partial charge in [0.15, 0.2) is 11.5 Å². The summed E-state index contributed by atoms with van der Waals surface area (Å²) in [4.78, 5) is 8.18. The second kappa shape index (κ2) is 7.49. The molecule has 27 heavy (non-hydrogen) atoms. The average Bonchev–Trinajstić information content (AvgIpc) is 2.69. The van der Waals surface area contributed by atoms with Gasteiger partial charge in [-0.25, -0.2) is 18.4 Å². The molecule has 4 rings (SSSR count). The quantitative estimate of drug-likeness (QED) is 0.761. The number of piperidine rings is 1. The summed E-state index contributed by atoms with van der Waals surface area (Å²) < 4.78 is 44.2. The number of fused-ring (bicyclic) bond motifs is 1. The van der Waals surface area contributed by atoms with Gasteiger partial charge in [0.25, 0.3) is 0 Å². The van der Waals surface area contributed by atoms with Crippen molar-refractivity contribution in [1.29, 1.82) is 0 Å². The van der Waals surface area contributed by atoms with Gasteiger partial charge in [0, 0.05) is 12.6 Å². The lowest BCUT2D eigenvalue weighted by Crippen LogP contribution is -2.44. The van der Waals surface area contributed by atoms with Crippen LogP contribution in [-0.2, 0) is 10.0 Å². The van der Waals surface area contributed by atoms with Crippen molar-refractivity contribution in [3.05, 3.63) is 35.6 Å². The maximum absolute atomic E-state index is 13.0. The lowest BCUT2D eigenvalue weighted by molar-refractivity contribution is 0.119. The molecule has 0 aliphatic carbocycles. The standard InChI is InChI=1S/C17H18ClN3O5S/c18-12-9-19-17(20-10-12)26-13-2-1-5-21(11-13)27(22,23)14-3-4-15-16(8-14)25-7-6-24-15/h3-4,8-10,13H,1-2,5-7,11H2. The molecule has 0 spiro atoms. The van der Waals surface area contributed by atoms with Gasteiger partial charge in [0.2, 0.25) is 10.0 Å². The first kappa shape index (κ1) is 18.3. The van der Waals surface area contributed by atoms with Crippen LogP contribution in [0.2, 0.25) is 5.02 Å². The number of halogens is 1. The first-order valence-corrected chi connectivity index (χ1v) is 10.4. The van der Waals surface area contributed by atoms with E-state index in [1.807, 2.05) is 0 Å². The number of ether oxygens (including phenoxy) is 3. The van der Waals surface area contributed by atoms with Gasteiger partial charge >= 0.3 is 6.01 Å². The van der Waals surface area contributed by atoms with E-state index in [2.05, 4.69) is 9.97 Å². The van der Waals surface area contributed by atoms with Crippen LogP contribution in [0.15, 0.2) is 35.5 Å². The first-order chi connectivity index (χ1) is 13.0. The second-order valence-corrected chi connectivity index (χ2v) is 8.61. The lowest BCUT2D eigenvalue weighted by Gasteiger charge is -2.31. The highest BCUT2D eigenvalue weighted by atomic mass is 35.5. The molecule has 2 aliphatic rings. The molecule has 10 heteroatoms. The number of hydrogen-bond donors (Lipinski definition) is 0. The fourth-order valence-electron chi connectivity index (χ4n) is 3.06. The van der Waals surface area contributed by atoms with Crippen LogP contribution in [0, 0.1) is 0 Å². The zero-order chi connectivity index (χ0) is 18.9. The Bertz CT molecular complexity index is 923. The Hall–Kier alpha value is -2.10. The number of rotatable bonds is 4. The molecular weight excluding hydrogens is 394 g/mol. The minimum absolute atomic E-state index is 0.176. The van der Waals surface area contributed by atoms with Gasteiger partial charge in [-0.05, 0) is 25.0 Å². The van der Waals surface area contributed by atoms with Gasteiger partial charge < -0.3 is 14.2 Å². The van der Waals surface area contributed by atoms with Crippen molar-refractivity contribution < 1.29 is 22.6 Å². The summed E-state index contributed by atoms with van der Waals surface area (Å²) in [6.45, 7) is 1.51. The van der Waals surface area contributed by atoms with Crippen molar-refractivity contribution in [2.24, 2.45) is 0 Å². The predicted octanol–water partition coefficient (Wildman–Crippen LogP) is 2.13. The topological polar surface area (TPSA) is 90.9 Å². The Morgan fingerprint density at radius 2 is 1.89 bits per heavy atom. The van der Waals surface area contributed by atoms with Crippen LogP contribution in [0.1, 0.15) is 12.8 Å². The Morgan fingerprint density at radius 3 is 2.67 bits per heavy atom. The zero-order valence-corrected chi connectivity index (χ0v) is 15.9. The summed E-state index contributed by atoms with van der Waals surface area (Å²) in [7, 11) is -3.67. The van der Waals surface area contributed by atoms with E-state index in [4.69, 9.17) is 25.8 Å². The van der Waals surface area contributed by atoms with E-state index < -0.39 is 10.0 Å². The molecule has 0 amide bonds. The van der Waals surface area contributed by atoms with Gasteiger partial charge in [-0.2, -0.15) is 4.31 Å². The molecule has 1 unspecified atom stereocenters. The molecule has 0 bridgehead atoms. The molecule has 0 saturated carbocycles. The van der Waals surface area contributed by atoms with Crippen LogP contribution in [0.4, 0.5) is 0 Å². The monoisotopic (exact) mass is 411 g/mol. The summed E-state index contributed by atoms with van der Waals surface area (Å²) in [6.07, 6.45) is 3.96. The molecule has 2 aromatic rings. The third-order valence-corrected chi connectivity index (χ3v) is 6.42. The van der Waals surface area contributed by atoms with Crippen molar-refractivity contribution in [2.45, 2.75) is 23.8 Å². The number of benzene rings is 1. The van der Waals surface area contributed by atoms with E-state index in [9.17, 15) is 8.42 Å². The van der Waals surface area contributed by atoms with Crippen molar-refractivity contribution in [2.75, 3.05) is 26.3 Å². The Kier molecular flexibility index (Phi) is 5.07. The van der Waals surface area contributed by atoms with E-state index in [0.29, 0.717) is 42.7 Å². The molecule has 8 nitrogen and oxygen atoms in total. The minimum Gasteiger partial charge on any atom is -0.486 e. The fraction of sp³-hybridized carbons (Fsp3) is 0.412. The maximum Gasteiger partial charge on any atom is 0.316 e. The molecule has 144 valence electrons. The third-order valence-electron chi connectivity index (χ3n) is 4.36. The van der Waals surface area contributed by atoms with Gasteiger partial charge in [0.1, 0.15) is 19.3 Å². The van der Waals surface area contributed by atoms with E-state index in [0.717, 1.165) is 6.42 Å². The molecule has 1 atom stereocenters. The van der Waals surface area contributed by atoms with E-state index >= 15 is 0 Å². The molecule has 1 saturated heterocycles. The summed E-state index contributed by atoms with van der Waals surface area (Å²) >= 11 is 5.77. The van der Waals surface area contributed by atoms with Gasteiger partial charge in [-0.3, -0.25) is 0 Å². The molecule has 0 N–H and O–H groups in total. The number of nitrogens with zero attached hydrogens (tertiary/aromatic N) is 3. The fourth-order valence-corrected chi connectivity index (χ4v) is 4.69. The Balaban J connectivity index is 1.50. The minimum atomic E-state index is -3.67. The van der Waals surface area contributed by atoms with Crippen molar-refractivity contribution in [3.8, 4) is 17.5 Å². The van der Waals surface area contributed by atoms with Crippen LogP contribution in [-0.4, -0.2) is 55.1 Å². The van der Waals surface area contributed by atoms with Crippen LogP contribution >= 0.6 is 11.6 Å². The first-order valence-electron chi connectivity index (χ1n) is 8.56. The average molecular weight is 412 g/mol. The Labute approximate surface area is 162 Å². The SMILES string of the molecule is O=S(=O)(c1ccc2c(c1)OCCO2)N1CCCC(Oc2ncc(Cl)cn2)C1. The van der Waals surface area contributed by atoms with Crippen LogP contribution < -0.4 is 14.2 Å². The van der Waals surface area contributed by atoms with E-state index in [1.165, 1.54) is 28.8 Å². The van der Waals surface area contributed by atoms with Crippen molar-refractivity contribution >= 4 is 21.6 Å². The zero-order valence-electron chi connectivity index (χ0n) is 14.4. The van der Waals surface area contributed by atoms with Crippen LogP contribution in [0.5, 0.6) is 17.5 Å². The van der Waals surface area contributed by atoms with Gasteiger partial charge in [-0.15, -0.1) is 0 Å². The number of sulfonamides is 1. The molecule has 1 fully saturated rings. The van der Waals surface area contributed by atoms with E-state index in [-0.39, 0.29) is 23.6 Å². The molecule has 3 heterocycles. The molecule has 2 aliphatic heterocycles. The highest BCUT2D eigenvalue weighted by Crippen LogP contribution is 2.33. The smallest absolute Gasteiger partial charge is 0.316 e. The highest BCUT2D eigenvalue weighted by Gasteiger charge is 2.32. The van der Waals surface area contributed by atoms with Crippen LogP contribution in [0.3, 0.4) is 0 Å². The van der Waals surface area contributed by atoms with Crippen molar-refractivity contribution in [1.82, 2.24) is 14.3 Å². The third kappa shape index (κ3) is 3.95. The van der Waals surface area contributed by atoms with Crippen LogP contribution in [0.25, 0.3) is 0 Å². The summed E-state index contributed by atoms with van der Waals surface area (Å²) in [5, 5.41) is 0.411. The lowest BCUT2D eigenvalue weighted by atomic mass is 10.1. The maximum atomic E-state index is 13.0. The summed E-state index contributed by atoms with van der Waals surface area (Å²) in [6, 6.07) is 4.86. The predicted molar refractivity (Wildman–Crippen MR) is 96.9 cm³/mol. The van der Waals surface area contributed by atoms with Crippen molar-refractivity contribution in [3.63, 3.8) is 0 Å². The normalized spacial score (nSPS) is 20.3. The summed E-state index contributed by atoms with van der Waals surface area (Å²) in [5.74, 6) is 1.00. The molecule has 0 radical (unpaired) electrons. The summed E-state index contributed by atoms with van der Waals surface area (Å²) in [5.41, 5.74) is 0. The highest BCUT2D eigenvalue weighted by molar-refractivity contribution is 7.89. The molecule has 1 aromatic carbocycles. The van der Waals surface area contributed by atoms with Gasteiger partial charge in [-0.1, -0.05) is 11.6 Å². The number of hydrogen-bond acceptors (Lipinski definition) is 7. The van der Waals surface area contributed by atoms with E-state index in [1.54, 1.807) is 6.07 Å². The number of aromatic nitrogens is 2. The molecular formula is C17H18ClN3O5S. The molecule has 1 aromatic heterocycles. The second-order valence-electron chi connectivity index (χ2n) is 6.23. The van der Waals surface area contributed by atoms with Gasteiger partial charge in [0.05, 0.1) is 28.9 Å². The largest absolute Gasteiger partial charge is 0.486 e.